The van der Waals surface area contributed by atoms with Crippen LogP contribution in [-0.4, -0.2) is 44.9 Å². The number of carbonyl (C=O) groups excluding carboxylic acids is 2. The second kappa shape index (κ2) is 10.6. The van der Waals surface area contributed by atoms with Crippen molar-refractivity contribution in [3.05, 3.63) is 42.0 Å². The zero-order valence-corrected chi connectivity index (χ0v) is 17.9. The van der Waals surface area contributed by atoms with E-state index in [1.165, 1.54) is 20.1 Å². The lowest BCUT2D eigenvalue weighted by Gasteiger charge is -2.19. The van der Waals surface area contributed by atoms with Gasteiger partial charge < -0.3 is 29.0 Å². The van der Waals surface area contributed by atoms with Crippen LogP contribution in [0.1, 0.15) is 37.0 Å². The molecule has 1 aliphatic heterocycles. The van der Waals surface area contributed by atoms with Crippen LogP contribution in [0, 0.1) is 0 Å². The molecule has 1 N–H and O–H groups in total. The Kier molecular flexibility index (Phi) is 7.59. The largest absolute Gasteiger partial charge is 0.493 e. The van der Waals surface area contributed by atoms with Gasteiger partial charge in [0.05, 0.1) is 19.3 Å². The third-order valence-corrected chi connectivity index (χ3v) is 4.62. The van der Waals surface area contributed by atoms with Crippen molar-refractivity contribution in [1.29, 1.82) is 0 Å². The zero-order valence-electron chi connectivity index (χ0n) is 17.9. The highest BCUT2D eigenvalue weighted by atomic mass is 16.6. The maximum Gasteiger partial charge on any atom is 0.339 e. The van der Waals surface area contributed by atoms with E-state index in [4.69, 9.17) is 23.7 Å². The average molecular weight is 429 g/mol. The van der Waals surface area contributed by atoms with Crippen LogP contribution in [0.2, 0.25) is 0 Å². The number of unbranched alkanes of at least 4 members (excludes halogenated alkanes) is 1. The smallest absolute Gasteiger partial charge is 0.339 e. The first-order valence-electron chi connectivity index (χ1n) is 10.2. The molecular formula is C23H27NO7. The van der Waals surface area contributed by atoms with E-state index in [-0.39, 0.29) is 5.56 Å². The van der Waals surface area contributed by atoms with Gasteiger partial charge in [-0.2, -0.15) is 0 Å². The minimum atomic E-state index is -1.01. The molecule has 31 heavy (non-hydrogen) atoms. The molecule has 0 aliphatic carbocycles. The van der Waals surface area contributed by atoms with Crippen LogP contribution in [-0.2, 0) is 9.53 Å². The monoisotopic (exact) mass is 429 g/mol. The second-order valence-electron chi connectivity index (χ2n) is 6.96. The van der Waals surface area contributed by atoms with Crippen LogP contribution in [0.15, 0.2) is 36.4 Å². The second-order valence-corrected chi connectivity index (χ2v) is 6.96. The molecule has 0 aromatic heterocycles. The summed E-state index contributed by atoms with van der Waals surface area (Å²) >= 11 is 0. The molecule has 2 aromatic rings. The summed E-state index contributed by atoms with van der Waals surface area (Å²) in [5.74, 6) is 1.07. The summed E-state index contributed by atoms with van der Waals surface area (Å²) in [5, 5.41) is 2.71. The topological polar surface area (TPSA) is 92.3 Å². The number of fused-ring (bicyclic) bond motifs is 1. The Labute approximate surface area is 181 Å². The molecule has 1 heterocycles. The Morgan fingerprint density at radius 2 is 1.84 bits per heavy atom. The Balaban J connectivity index is 1.59. The highest BCUT2D eigenvalue weighted by molar-refractivity contribution is 5.97. The lowest BCUT2D eigenvalue weighted by molar-refractivity contribution is -0.123. The molecule has 1 aliphatic rings. The van der Waals surface area contributed by atoms with E-state index in [2.05, 4.69) is 12.2 Å². The summed E-state index contributed by atoms with van der Waals surface area (Å²) in [4.78, 5) is 25.0. The Morgan fingerprint density at radius 1 is 1.06 bits per heavy atom. The summed E-state index contributed by atoms with van der Waals surface area (Å²) in [6.45, 7) is 5.08. The van der Waals surface area contributed by atoms with E-state index in [1.54, 1.807) is 30.3 Å². The van der Waals surface area contributed by atoms with Crippen molar-refractivity contribution >= 4 is 17.6 Å². The standard InChI is InChI=1S/C23H27NO7/c1-4-5-10-28-18-8-6-16(13-20(18)27-3)23(26)31-15(2)22(25)24-17-7-9-19-21(14-17)30-12-11-29-19/h6-9,13-15H,4-5,10-12H2,1-3H3,(H,24,25). The molecule has 0 spiro atoms. The molecule has 0 saturated heterocycles. The van der Waals surface area contributed by atoms with Gasteiger partial charge in [-0.05, 0) is 43.7 Å². The van der Waals surface area contributed by atoms with Crippen LogP contribution < -0.4 is 24.3 Å². The molecular weight excluding hydrogens is 402 g/mol. The molecule has 8 heteroatoms. The fourth-order valence-corrected chi connectivity index (χ4v) is 2.89. The number of rotatable bonds is 9. The molecule has 0 saturated carbocycles. The van der Waals surface area contributed by atoms with Gasteiger partial charge in [0, 0.05) is 11.8 Å². The number of hydrogen-bond acceptors (Lipinski definition) is 7. The number of ether oxygens (including phenoxy) is 5. The molecule has 8 nitrogen and oxygen atoms in total. The number of esters is 1. The van der Waals surface area contributed by atoms with Crippen molar-refractivity contribution in [1.82, 2.24) is 0 Å². The Hall–Kier alpha value is -3.42. The number of hydrogen-bond donors (Lipinski definition) is 1. The number of amides is 1. The van der Waals surface area contributed by atoms with E-state index < -0.39 is 18.0 Å². The number of methoxy groups -OCH3 is 1. The van der Waals surface area contributed by atoms with Gasteiger partial charge in [-0.1, -0.05) is 13.3 Å². The maximum absolute atomic E-state index is 12.5. The third-order valence-electron chi connectivity index (χ3n) is 4.62. The van der Waals surface area contributed by atoms with Crippen LogP contribution in [0.3, 0.4) is 0 Å². The number of nitrogens with one attached hydrogen (secondary N) is 1. The number of carbonyl (C=O) groups is 2. The van der Waals surface area contributed by atoms with E-state index in [0.717, 1.165) is 12.8 Å². The minimum Gasteiger partial charge on any atom is -0.493 e. The van der Waals surface area contributed by atoms with Gasteiger partial charge in [-0.3, -0.25) is 4.79 Å². The summed E-state index contributed by atoms with van der Waals surface area (Å²) in [7, 11) is 1.50. The van der Waals surface area contributed by atoms with Gasteiger partial charge in [-0.15, -0.1) is 0 Å². The van der Waals surface area contributed by atoms with Gasteiger partial charge in [0.25, 0.3) is 5.91 Å². The molecule has 0 radical (unpaired) electrons. The molecule has 0 fully saturated rings. The van der Waals surface area contributed by atoms with Crippen LogP contribution >= 0.6 is 0 Å². The van der Waals surface area contributed by atoms with Crippen LogP contribution in [0.4, 0.5) is 5.69 Å². The fraction of sp³-hybridized carbons (Fsp3) is 0.391. The van der Waals surface area contributed by atoms with Gasteiger partial charge in [-0.25, -0.2) is 4.79 Å². The first kappa shape index (κ1) is 22.3. The first-order valence-corrected chi connectivity index (χ1v) is 10.2. The summed E-state index contributed by atoms with van der Waals surface area (Å²) in [5.41, 5.74) is 0.783. The van der Waals surface area contributed by atoms with E-state index in [1.807, 2.05) is 0 Å². The highest BCUT2D eigenvalue weighted by Gasteiger charge is 2.21. The van der Waals surface area contributed by atoms with Crippen molar-refractivity contribution in [3.8, 4) is 23.0 Å². The van der Waals surface area contributed by atoms with Crippen LogP contribution in [0.5, 0.6) is 23.0 Å². The fourth-order valence-electron chi connectivity index (χ4n) is 2.89. The van der Waals surface area contributed by atoms with E-state index in [0.29, 0.717) is 48.5 Å². The molecule has 1 amide bonds. The SMILES string of the molecule is CCCCOc1ccc(C(=O)OC(C)C(=O)Nc2ccc3c(c2)OCCO3)cc1OC. The van der Waals surface area contributed by atoms with Crippen molar-refractivity contribution in [3.63, 3.8) is 0 Å². The lowest BCUT2D eigenvalue weighted by atomic mass is 10.2. The highest BCUT2D eigenvalue weighted by Crippen LogP contribution is 2.33. The van der Waals surface area contributed by atoms with Gasteiger partial charge in [0.1, 0.15) is 13.2 Å². The van der Waals surface area contributed by atoms with Crippen molar-refractivity contribution in [2.24, 2.45) is 0 Å². The Morgan fingerprint density at radius 3 is 2.58 bits per heavy atom. The summed E-state index contributed by atoms with van der Waals surface area (Å²) in [6.07, 6.45) is 0.925. The van der Waals surface area contributed by atoms with Gasteiger partial charge in [0.2, 0.25) is 0 Å². The van der Waals surface area contributed by atoms with Crippen LogP contribution in [0.25, 0.3) is 0 Å². The molecule has 2 aromatic carbocycles. The van der Waals surface area contributed by atoms with E-state index >= 15 is 0 Å². The first-order chi connectivity index (χ1) is 15.0. The van der Waals surface area contributed by atoms with Crippen molar-refractivity contribution in [2.45, 2.75) is 32.8 Å². The molecule has 1 unspecified atom stereocenters. The molecule has 0 bridgehead atoms. The predicted octanol–water partition coefficient (Wildman–Crippen LogP) is 3.83. The Bertz CT molecular complexity index is 928. The number of benzene rings is 2. The average Bonchev–Trinajstić information content (AvgIpc) is 2.79. The molecule has 166 valence electrons. The molecule has 3 rings (SSSR count). The molecule has 1 atom stereocenters. The predicted molar refractivity (Wildman–Crippen MR) is 114 cm³/mol. The zero-order chi connectivity index (χ0) is 22.2. The number of anilines is 1. The van der Waals surface area contributed by atoms with Gasteiger partial charge in [0.15, 0.2) is 29.1 Å². The minimum absolute atomic E-state index is 0.263. The quantitative estimate of drug-likeness (QED) is 0.478. The van der Waals surface area contributed by atoms with E-state index in [9.17, 15) is 9.59 Å². The summed E-state index contributed by atoms with van der Waals surface area (Å²) in [6, 6.07) is 9.86. The maximum atomic E-state index is 12.5. The van der Waals surface area contributed by atoms with Crippen molar-refractivity contribution < 1.29 is 33.3 Å². The lowest BCUT2D eigenvalue weighted by Crippen LogP contribution is -2.30. The van der Waals surface area contributed by atoms with Crippen molar-refractivity contribution in [2.75, 3.05) is 32.2 Å². The normalized spacial score (nSPS) is 13.1. The summed E-state index contributed by atoms with van der Waals surface area (Å²) < 4.78 is 27.3. The van der Waals surface area contributed by atoms with Gasteiger partial charge >= 0.3 is 5.97 Å². The third kappa shape index (κ3) is 5.81.